The molecule has 4 aliphatic carbocycles. The van der Waals surface area contributed by atoms with Crippen LogP contribution < -0.4 is 5.73 Å². The molecule has 3 heteroatoms. The van der Waals surface area contributed by atoms with E-state index in [2.05, 4.69) is 5.16 Å². The molecule has 0 aliphatic heterocycles. The molecule has 0 radical (unpaired) electrons. The molecule has 17 heavy (non-hydrogen) atoms. The number of hydrogen-bond donors (Lipinski definition) is 1. The minimum absolute atomic E-state index is 0.528. The summed E-state index contributed by atoms with van der Waals surface area (Å²) < 4.78 is 5.33. The highest BCUT2D eigenvalue weighted by Crippen LogP contribution is 2.61. The first kappa shape index (κ1) is 9.98. The van der Waals surface area contributed by atoms with E-state index in [0.717, 1.165) is 29.9 Å². The van der Waals surface area contributed by atoms with Gasteiger partial charge in [0.05, 0.1) is 0 Å². The summed E-state index contributed by atoms with van der Waals surface area (Å²) in [5, 5.41) is 3.82. The summed E-state index contributed by atoms with van der Waals surface area (Å²) in [6.07, 6.45) is 9.81. The Morgan fingerprint density at radius 1 is 1.18 bits per heavy atom. The van der Waals surface area contributed by atoms with Gasteiger partial charge in [0.15, 0.2) is 5.82 Å². The SMILES string of the molecule is Nc1cc(CC23CC4CC(CC(C4)C2)C3)on1. The van der Waals surface area contributed by atoms with E-state index in [1.54, 1.807) is 0 Å². The van der Waals surface area contributed by atoms with Crippen molar-refractivity contribution in [3.63, 3.8) is 0 Å². The Morgan fingerprint density at radius 3 is 2.24 bits per heavy atom. The van der Waals surface area contributed by atoms with Crippen LogP contribution in [0.25, 0.3) is 0 Å². The maximum Gasteiger partial charge on any atom is 0.167 e. The smallest absolute Gasteiger partial charge is 0.167 e. The normalized spacial score (nSPS) is 43.2. The highest BCUT2D eigenvalue weighted by Gasteiger charge is 2.51. The maximum absolute atomic E-state index is 5.64. The van der Waals surface area contributed by atoms with E-state index in [4.69, 9.17) is 10.3 Å². The first-order chi connectivity index (χ1) is 8.21. The summed E-state index contributed by atoms with van der Waals surface area (Å²) in [6.45, 7) is 0. The average molecular weight is 232 g/mol. The Kier molecular flexibility index (Phi) is 1.92. The van der Waals surface area contributed by atoms with Crippen LogP contribution in [-0.2, 0) is 6.42 Å². The third kappa shape index (κ3) is 1.59. The molecule has 92 valence electrons. The van der Waals surface area contributed by atoms with Crippen molar-refractivity contribution in [1.82, 2.24) is 5.16 Å². The highest BCUT2D eigenvalue weighted by atomic mass is 16.5. The molecule has 1 aromatic heterocycles. The van der Waals surface area contributed by atoms with Crippen molar-refractivity contribution >= 4 is 5.82 Å². The lowest BCUT2D eigenvalue weighted by Gasteiger charge is -2.56. The first-order valence-electron chi connectivity index (χ1n) is 6.92. The Hall–Kier alpha value is -0.990. The van der Waals surface area contributed by atoms with Gasteiger partial charge in [0.1, 0.15) is 5.76 Å². The number of nitrogens with zero attached hydrogens (tertiary/aromatic N) is 1. The van der Waals surface area contributed by atoms with Crippen LogP contribution in [0.3, 0.4) is 0 Å². The first-order valence-corrected chi connectivity index (χ1v) is 6.92. The summed E-state index contributed by atoms with van der Waals surface area (Å²) in [5.41, 5.74) is 6.17. The van der Waals surface area contributed by atoms with Crippen molar-refractivity contribution in [2.24, 2.45) is 23.2 Å². The summed E-state index contributed by atoms with van der Waals surface area (Å²) in [5.74, 6) is 4.54. The zero-order chi connectivity index (χ0) is 11.5. The van der Waals surface area contributed by atoms with Crippen molar-refractivity contribution in [3.8, 4) is 0 Å². The number of rotatable bonds is 2. The molecule has 4 fully saturated rings. The molecule has 0 spiro atoms. The fourth-order valence-corrected chi connectivity index (χ4v) is 5.29. The molecule has 5 rings (SSSR count). The predicted molar refractivity (Wildman–Crippen MR) is 65.2 cm³/mol. The second kappa shape index (κ2) is 3.27. The Labute approximate surface area is 102 Å². The van der Waals surface area contributed by atoms with Crippen molar-refractivity contribution in [2.45, 2.75) is 44.9 Å². The van der Waals surface area contributed by atoms with Crippen molar-refractivity contribution in [3.05, 3.63) is 11.8 Å². The minimum atomic E-state index is 0.528. The molecule has 0 aromatic carbocycles. The van der Waals surface area contributed by atoms with Crippen LogP contribution in [0.2, 0.25) is 0 Å². The van der Waals surface area contributed by atoms with Crippen molar-refractivity contribution in [2.75, 3.05) is 5.73 Å². The number of hydrogen-bond acceptors (Lipinski definition) is 3. The van der Waals surface area contributed by atoms with Gasteiger partial charge < -0.3 is 10.3 Å². The molecule has 0 amide bonds. The van der Waals surface area contributed by atoms with E-state index in [1.807, 2.05) is 6.07 Å². The molecular formula is C14H20N2O. The second-order valence-electron chi connectivity index (χ2n) is 6.81. The predicted octanol–water partition coefficient (Wildman–Crippen LogP) is 3.02. The molecule has 2 N–H and O–H groups in total. The third-order valence-electron chi connectivity index (χ3n) is 5.29. The van der Waals surface area contributed by atoms with Gasteiger partial charge in [0.2, 0.25) is 0 Å². The summed E-state index contributed by atoms with van der Waals surface area (Å²) in [4.78, 5) is 0. The minimum Gasteiger partial charge on any atom is -0.381 e. The van der Waals surface area contributed by atoms with E-state index in [-0.39, 0.29) is 0 Å². The van der Waals surface area contributed by atoms with Crippen LogP contribution in [-0.4, -0.2) is 5.16 Å². The van der Waals surface area contributed by atoms with E-state index in [0.29, 0.717) is 11.2 Å². The molecule has 0 unspecified atom stereocenters. The highest BCUT2D eigenvalue weighted by molar-refractivity contribution is 5.27. The Morgan fingerprint density at radius 2 is 1.76 bits per heavy atom. The number of nitrogen functional groups attached to an aromatic ring is 1. The molecule has 4 aliphatic rings. The van der Waals surface area contributed by atoms with E-state index in [9.17, 15) is 0 Å². The Balaban J connectivity index is 1.60. The van der Waals surface area contributed by atoms with Crippen molar-refractivity contribution < 1.29 is 4.52 Å². The third-order valence-corrected chi connectivity index (χ3v) is 5.29. The fraction of sp³-hybridized carbons (Fsp3) is 0.786. The van der Waals surface area contributed by atoms with E-state index < -0.39 is 0 Å². The van der Waals surface area contributed by atoms with Crippen LogP contribution in [0.1, 0.15) is 44.3 Å². The summed E-state index contributed by atoms with van der Waals surface area (Å²) >= 11 is 0. The van der Waals surface area contributed by atoms with Gasteiger partial charge in [-0.1, -0.05) is 5.16 Å². The largest absolute Gasteiger partial charge is 0.381 e. The van der Waals surface area contributed by atoms with Crippen LogP contribution >= 0.6 is 0 Å². The summed E-state index contributed by atoms with van der Waals surface area (Å²) in [6, 6.07) is 1.92. The average Bonchev–Trinajstić information content (AvgIpc) is 2.60. The molecule has 4 saturated carbocycles. The van der Waals surface area contributed by atoms with E-state index >= 15 is 0 Å². The van der Waals surface area contributed by atoms with Crippen LogP contribution in [0.5, 0.6) is 0 Å². The lowest BCUT2D eigenvalue weighted by molar-refractivity contribution is -0.0549. The van der Waals surface area contributed by atoms with Gasteiger partial charge in [-0.3, -0.25) is 0 Å². The lowest BCUT2D eigenvalue weighted by atomic mass is 9.49. The molecule has 1 heterocycles. The van der Waals surface area contributed by atoms with Gasteiger partial charge in [-0.05, 0) is 61.7 Å². The van der Waals surface area contributed by atoms with Gasteiger partial charge in [-0.2, -0.15) is 0 Å². The molecule has 1 aromatic rings. The molecule has 4 bridgehead atoms. The molecular weight excluding hydrogens is 212 g/mol. The van der Waals surface area contributed by atoms with Gasteiger partial charge in [0.25, 0.3) is 0 Å². The summed E-state index contributed by atoms with van der Waals surface area (Å²) in [7, 11) is 0. The zero-order valence-corrected chi connectivity index (χ0v) is 10.2. The van der Waals surface area contributed by atoms with E-state index in [1.165, 1.54) is 38.5 Å². The number of anilines is 1. The maximum atomic E-state index is 5.64. The van der Waals surface area contributed by atoms with Gasteiger partial charge in [-0.25, -0.2) is 0 Å². The van der Waals surface area contributed by atoms with Gasteiger partial charge in [0, 0.05) is 12.5 Å². The molecule has 3 nitrogen and oxygen atoms in total. The van der Waals surface area contributed by atoms with Crippen LogP contribution in [0.4, 0.5) is 5.82 Å². The van der Waals surface area contributed by atoms with Gasteiger partial charge in [-0.15, -0.1) is 0 Å². The number of nitrogens with two attached hydrogens (primary N) is 1. The topological polar surface area (TPSA) is 52.0 Å². The lowest BCUT2D eigenvalue weighted by Crippen LogP contribution is -2.46. The molecule has 0 saturated heterocycles. The fourth-order valence-electron chi connectivity index (χ4n) is 5.29. The zero-order valence-electron chi connectivity index (χ0n) is 10.2. The number of aromatic nitrogens is 1. The molecule has 0 atom stereocenters. The van der Waals surface area contributed by atoms with Crippen molar-refractivity contribution in [1.29, 1.82) is 0 Å². The monoisotopic (exact) mass is 232 g/mol. The standard InChI is InChI=1S/C14H20N2O/c15-13-4-12(17-16-13)8-14-5-9-1-10(6-14)3-11(2-9)7-14/h4,9-11H,1-3,5-8H2,(H2,15,16). The van der Waals surface area contributed by atoms with Crippen LogP contribution in [0.15, 0.2) is 10.6 Å². The second-order valence-corrected chi connectivity index (χ2v) is 6.81. The Bertz CT molecular complexity index is 402. The van der Waals surface area contributed by atoms with Crippen LogP contribution in [0, 0.1) is 23.2 Å². The van der Waals surface area contributed by atoms with Gasteiger partial charge >= 0.3 is 0 Å². The quantitative estimate of drug-likeness (QED) is 0.852.